The van der Waals surface area contributed by atoms with Crippen molar-refractivity contribution in [3.63, 3.8) is 0 Å². The van der Waals surface area contributed by atoms with E-state index in [0.717, 1.165) is 19.3 Å². The van der Waals surface area contributed by atoms with Gasteiger partial charge in [0.05, 0.1) is 11.9 Å². The summed E-state index contributed by atoms with van der Waals surface area (Å²) in [7, 11) is 0.711. The van der Waals surface area contributed by atoms with Crippen LogP contribution in [0.3, 0.4) is 0 Å². The molecule has 0 bridgehead atoms. The van der Waals surface area contributed by atoms with Crippen molar-refractivity contribution >= 4 is 16.7 Å². The number of nitrogens with one attached hydrogen (secondary N) is 2. The molecule has 0 spiro atoms. The Labute approximate surface area is 104 Å². The summed E-state index contributed by atoms with van der Waals surface area (Å²) in [6.45, 7) is 1.18. The summed E-state index contributed by atoms with van der Waals surface area (Å²) >= 11 is 0. The second-order valence-electron chi connectivity index (χ2n) is 4.66. The van der Waals surface area contributed by atoms with Crippen LogP contribution < -0.4 is 10.6 Å². The van der Waals surface area contributed by atoms with Gasteiger partial charge in [-0.1, -0.05) is 0 Å². The number of ether oxygens (including phenoxy) is 1. The third-order valence-electron chi connectivity index (χ3n) is 3.23. The summed E-state index contributed by atoms with van der Waals surface area (Å²) in [4.78, 5) is 11.6. The molecule has 2 fully saturated rings. The molecule has 0 radical (unpaired) electrons. The van der Waals surface area contributed by atoms with Gasteiger partial charge < -0.3 is 15.4 Å². The predicted molar refractivity (Wildman–Crippen MR) is 66.2 cm³/mol. The van der Waals surface area contributed by atoms with Crippen molar-refractivity contribution in [2.45, 2.75) is 36.6 Å². The average Bonchev–Trinajstić information content (AvgIpc) is 3.12. The first-order valence-corrected chi connectivity index (χ1v) is 7.50. The molecule has 3 unspecified atom stereocenters. The van der Waals surface area contributed by atoms with Crippen molar-refractivity contribution < 1.29 is 13.7 Å². The predicted octanol–water partition coefficient (Wildman–Crippen LogP) is -0.609. The Hall–Kier alpha value is -0.460. The Bertz CT molecular complexity index is 307. The Morgan fingerprint density at radius 3 is 2.82 bits per heavy atom. The SMILES string of the molecule is CNC1CCOCC1S(=O)CC(=O)NC1CC1. The summed E-state index contributed by atoms with van der Waals surface area (Å²) in [5.74, 6) is 0.00848. The van der Waals surface area contributed by atoms with Crippen LogP contribution in [0.4, 0.5) is 0 Å². The topological polar surface area (TPSA) is 67.4 Å². The maximum absolute atomic E-state index is 12.1. The van der Waals surface area contributed by atoms with Crippen LogP contribution >= 0.6 is 0 Å². The van der Waals surface area contributed by atoms with E-state index in [2.05, 4.69) is 10.6 Å². The van der Waals surface area contributed by atoms with Crippen LogP contribution in [-0.2, 0) is 20.3 Å². The van der Waals surface area contributed by atoms with E-state index in [1.165, 1.54) is 0 Å². The highest BCUT2D eigenvalue weighted by atomic mass is 32.2. The van der Waals surface area contributed by atoms with Gasteiger partial charge in [0.25, 0.3) is 0 Å². The summed E-state index contributed by atoms with van der Waals surface area (Å²) in [6.07, 6.45) is 2.98. The summed E-state index contributed by atoms with van der Waals surface area (Å²) in [5.41, 5.74) is 0. The fourth-order valence-electron chi connectivity index (χ4n) is 2.03. The van der Waals surface area contributed by atoms with Gasteiger partial charge in [-0.3, -0.25) is 9.00 Å². The van der Waals surface area contributed by atoms with Crippen LogP contribution in [0, 0.1) is 0 Å². The van der Waals surface area contributed by atoms with E-state index in [1.54, 1.807) is 0 Å². The summed E-state index contributed by atoms with van der Waals surface area (Å²) < 4.78 is 17.5. The monoisotopic (exact) mass is 260 g/mol. The molecule has 98 valence electrons. The lowest BCUT2D eigenvalue weighted by Gasteiger charge is -2.30. The minimum absolute atomic E-state index is 0.0706. The van der Waals surface area contributed by atoms with E-state index < -0.39 is 10.8 Å². The minimum Gasteiger partial charge on any atom is -0.380 e. The van der Waals surface area contributed by atoms with Crippen molar-refractivity contribution in [1.82, 2.24) is 10.6 Å². The number of amides is 1. The molecular weight excluding hydrogens is 240 g/mol. The van der Waals surface area contributed by atoms with Gasteiger partial charge in [-0.15, -0.1) is 0 Å². The number of carbonyl (C=O) groups excluding carboxylic acids is 1. The molecule has 2 aliphatic rings. The van der Waals surface area contributed by atoms with E-state index in [9.17, 15) is 9.00 Å². The summed E-state index contributed by atoms with van der Waals surface area (Å²) in [6, 6.07) is 0.528. The first-order valence-electron chi connectivity index (χ1n) is 6.12. The van der Waals surface area contributed by atoms with Crippen molar-refractivity contribution in [2.75, 3.05) is 26.0 Å². The van der Waals surface area contributed by atoms with Crippen molar-refractivity contribution in [2.24, 2.45) is 0 Å². The molecule has 1 saturated carbocycles. The Morgan fingerprint density at radius 1 is 1.41 bits per heavy atom. The first kappa shape index (κ1) is 13.0. The van der Waals surface area contributed by atoms with Crippen LogP contribution in [0.25, 0.3) is 0 Å². The Morgan fingerprint density at radius 2 is 2.18 bits per heavy atom. The van der Waals surface area contributed by atoms with Gasteiger partial charge in [0.1, 0.15) is 5.75 Å². The number of carbonyl (C=O) groups is 1. The molecule has 0 aromatic rings. The number of hydrogen-bond donors (Lipinski definition) is 2. The maximum atomic E-state index is 12.1. The molecule has 3 atom stereocenters. The molecule has 2 rings (SSSR count). The van der Waals surface area contributed by atoms with Crippen LogP contribution in [0.5, 0.6) is 0 Å². The standard InChI is InChI=1S/C11H20N2O3S/c1-12-9-4-5-16-6-10(9)17(15)7-11(14)13-8-2-3-8/h8-10,12H,2-7H2,1H3,(H,13,14). The van der Waals surface area contributed by atoms with E-state index in [0.29, 0.717) is 19.3 Å². The van der Waals surface area contributed by atoms with Gasteiger partial charge in [0.2, 0.25) is 5.91 Å². The fourth-order valence-corrected chi connectivity index (χ4v) is 3.48. The molecule has 1 aliphatic carbocycles. The zero-order chi connectivity index (χ0) is 12.3. The fraction of sp³-hybridized carbons (Fsp3) is 0.909. The third kappa shape index (κ3) is 3.76. The van der Waals surface area contributed by atoms with Gasteiger partial charge in [-0.2, -0.15) is 0 Å². The molecule has 6 heteroatoms. The molecular formula is C11H20N2O3S. The molecule has 1 saturated heterocycles. The van der Waals surface area contributed by atoms with Gasteiger partial charge in [-0.05, 0) is 26.3 Å². The van der Waals surface area contributed by atoms with Crippen LogP contribution in [-0.4, -0.2) is 53.5 Å². The van der Waals surface area contributed by atoms with Crippen LogP contribution in [0.2, 0.25) is 0 Å². The average molecular weight is 260 g/mol. The highest BCUT2D eigenvalue weighted by Crippen LogP contribution is 2.19. The second kappa shape index (κ2) is 5.93. The quantitative estimate of drug-likeness (QED) is 0.692. The molecule has 5 nitrogen and oxygen atoms in total. The largest absolute Gasteiger partial charge is 0.380 e. The molecule has 17 heavy (non-hydrogen) atoms. The Kier molecular flexibility index (Phi) is 4.53. The first-order chi connectivity index (χ1) is 8.20. The van der Waals surface area contributed by atoms with Crippen molar-refractivity contribution in [1.29, 1.82) is 0 Å². The lowest BCUT2D eigenvalue weighted by atomic mass is 10.1. The van der Waals surface area contributed by atoms with Crippen molar-refractivity contribution in [3.8, 4) is 0 Å². The molecule has 0 aromatic carbocycles. The minimum atomic E-state index is -1.15. The third-order valence-corrected chi connectivity index (χ3v) is 4.92. The van der Waals surface area contributed by atoms with E-state index >= 15 is 0 Å². The van der Waals surface area contributed by atoms with Crippen molar-refractivity contribution in [3.05, 3.63) is 0 Å². The number of hydrogen-bond acceptors (Lipinski definition) is 4. The lowest BCUT2D eigenvalue weighted by Crippen LogP contribution is -2.49. The van der Waals surface area contributed by atoms with Gasteiger partial charge in [0, 0.05) is 29.5 Å². The maximum Gasteiger partial charge on any atom is 0.232 e. The molecule has 1 aliphatic heterocycles. The zero-order valence-electron chi connectivity index (χ0n) is 10.1. The summed E-state index contributed by atoms with van der Waals surface area (Å²) in [5, 5.41) is 5.95. The zero-order valence-corrected chi connectivity index (χ0v) is 10.9. The second-order valence-corrected chi connectivity index (χ2v) is 6.32. The van der Waals surface area contributed by atoms with E-state index in [4.69, 9.17) is 4.74 Å². The lowest BCUT2D eigenvalue weighted by molar-refractivity contribution is -0.118. The molecule has 1 heterocycles. The van der Waals surface area contributed by atoms with E-state index in [1.807, 2.05) is 7.05 Å². The van der Waals surface area contributed by atoms with Gasteiger partial charge in [0.15, 0.2) is 0 Å². The highest BCUT2D eigenvalue weighted by molar-refractivity contribution is 7.86. The molecule has 0 aromatic heterocycles. The Balaban J connectivity index is 1.81. The van der Waals surface area contributed by atoms with E-state index in [-0.39, 0.29) is 23.0 Å². The smallest absolute Gasteiger partial charge is 0.232 e. The molecule has 2 N–H and O–H groups in total. The number of rotatable bonds is 5. The highest BCUT2D eigenvalue weighted by Gasteiger charge is 2.31. The van der Waals surface area contributed by atoms with Gasteiger partial charge >= 0.3 is 0 Å². The van der Waals surface area contributed by atoms with Gasteiger partial charge in [-0.25, -0.2) is 0 Å². The van der Waals surface area contributed by atoms with Crippen LogP contribution in [0.1, 0.15) is 19.3 Å². The van der Waals surface area contributed by atoms with Crippen LogP contribution in [0.15, 0.2) is 0 Å². The molecule has 1 amide bonds. The normalized spacial score (nSPS) is 30.9.